The number of hydrogen-bond donors (Lipinski definition) is 0. The Bertz CT molecular complexity index is 502. The molecule has 3 rings (SSSR count). The van der Waals surface area contributed by atoms with Gasteiger partial charge in [0.1, 0.15) is 6.73 Å². The molecule has 0 radical (unpaired) electrons. The number of rotatable bonds is 4. The molecule has 0 spiro atoms. The summed E-state index contributed by atoms with van der Waals surface area (Å²) in [6.45, 7) is 1.57. The van der Waals surface area contributed by atoms with Gasteiger partial charge >= 0.3 is 0 Å². The van der Waals surface area contributed by atoms with E-state index in [9.17, 15) is 0 Å². The van der Waals surface area contributed by atoms with Gasteiger partial charge in [0, 0.05) is 16.1 Å². The molecule has 1 aromatic heterocycles. The maximum atomic E-state index is 5.70. The highest BCUT2D eigenvalue weighted by molar-refractivity contribution is 9.10. The Hall–Kier alpha value is -0.800. The average Bonchev–Trinajstić information content (AvgIpc) is 3.00. The fraction of sp³-hybridized carbons (Fsp3) is 0.385. The standard InChI is InChI=1S/C13H14BrNO/c14-12-2-1-3-13-11(12)6-7-15(13)9-16-8-10-4-5-10/h1-3,6-7,10H,4-5,8-9H2. The van der Waals surface area contributed by atoms with E-state index in [1.165, 1.54) is 23.7 Å². The van der Waals surface area contributed by atoms with Crippen LogP contribution in [-0.2, 0) is 11.5 Å². The van der Waals surface area contributed by atoms with Crippen LogP contribution in [0.4, 0.5) is 0 Å². The minimum absolute atomic E-state index is 0.663. The van der Waals surface area contributed by atoms with Crippen molar-refractivity contribution in [2.24, 2.45) is 5.92 Å². The lowest BCUT2D eigenvalue weighted by Gasteiger charge is -2.06. The van der Waals surface area contributed by atoms with Gasteiger partial charge < -0.3 is 9.30 Å². The average molecular weight is 280 g/mol. The number of benzene rings is 1. The SMILES string of the molecule is Brc1cccc2c1ccn2COCC1CC1. The van der Waals surface area contributed by atoms with Crippen LogP contribution in [0.25, 0.3) is 10.9 Å². The molecule has 0 N–H and O–H groups in total. The van der Waals surface area contributed by atoms with Crippen LogP contribution in [0.3, 0.4) is 0 Å². The second kappa shape index (κ2) is 4.22. The third-order valence-corrected chi connectivity index (χ3v) is 3.73. The van der Waals surface area contributed by atoms with Crippen molar-refractivity contribution >= 4 is 26.8 Å². The van der Waals surface area contributed by atoms with Gasteiger partial charge in [0.2, 0.25) is 0 Å². The molecule has 3 heteroatoms. The molecule has 0 amide bonds. The number of hydrogen-bond acceptors (Lipinski definition) is 1. The normalized spacial score (nSPS) is 15.8. The summed E-state index contributed by atoms with van der Waals surface area (Å²) in [7, 11) is 0. The van der Waals surface area contributed by atoms with E-state index in [0.29, 0.717) is 6.73 Å². The van der Waals surface area contributed by atoms with Crippen molar-refractivity contribution in [2.45, 2.75) is 19.6 Å². The first kappa shape index (κ1) is 10.4. The zero-order valence-corrected chi connectivity index (χ0v) is 10.6. The van der Waals surface area contributed by atoms with E-state index in [1.807, 2.05) is 0 Å². The highest BCUT2D eigenvalue weighted by atomic mass is 79.9. The van der Waals surface area contributed by atoms with E-state index in [0.717, 1.165) is 17.0 Å². The molecule has 1 saturated carbocycles. The number of halogens is 1. The van der Waals surface area contributed by atoms with Crippen LogP contribution >= 0.6 is 15.9 Å². The minimum atomic E-state index is 0.663. The van der Waals surface area contributed by atoms with Crippen LogP contribution in [-0.4, -0.2) is 11.2 Å². The molecular formula is C13H14BrNO. The van der Waals surface area contributed by atoms with E-state index in [4.69, 9.17) is 4.74 Å². The molecule has 0 bridgehead atoms. The molecule has 2 nitrogen and oxygen atoms in total. The van der Waals surface area contributed by atoms with Crippen molar-refractivity contribution in [3.8, 4) is 0 Å². The highest BCUT2D eigenvalue weighted by Gasteiger charge is 2.21. The topological polar surface area (TPSA) is 14.2 Å². The Balaban J connectivity index is 1.77. The summed E-state index contributed by atoms with van der Waals surface area (Å²) in [6, 6.07) is 8.38. The van der Waals surface area contributed by atoms with Crippen LogP contribution in [0.2, 0.25) is 0 Å². The van der Waals surface area contributed by atoms with Crippen molar-refractivity contribution in [1.82, 2.24) is 4.57 Å². The van der Waals surface area contributed by atoms with E-state index in [2.05, 4.69) is 51.0 Å². The molecule has 84 valence electrons. The van der Waals surface area contributed by atoms with Crippen LogP contribution in [0.5, 0.6) is 0 Å². The summed E-state index contributed by atoms with van der Waals surface area (Å²) < 4.78 is 9.00. The molecule has 16 heavy (non-hydrogen) atoms. The van der Waals surface area contributed by atoms with Crippen LogP contribution in [0, 0.1) is 5.92 Å². The summed E-state index contributed by atoms with van der Waals surface area (Å²) in [5, 5.41) is 1.25. The molecule has 1 aliphatic rings. The Morgan fingerprint density at radius 3 is 3.00 bits per heavy atom. The van der Waals surface area contributed by atoms with E-state index >= 15 is 0 Å². The van der Waals surface area contributed by atoms with E-state index < -0.39 is 0 Å². The summed E-state index contributed by atoms with van der Waals surface area (Å²) in [6.07, 6.45) is 4.78. The Morgan fingerprint density at radius 2 is 2.19 bits per heavy atom. The van der Waals surface area contributed by atoms with Crippen LogP contribution < -0.4 is 0 Å². The fourth-order valence-corrected chi connectivity index (χ4v) is 2.39. The highest BCUT2D eigenvalue weighted by Crippen LogP contribution is 2.29. The smallest absolute Gasteiger partial charge is 0.122 e. The maximum Gasteiger partial charge on any atom is 0.122 e. The van der Waals surface area contributed by atoms with Crippen molar-refractivity contribution < 1.29 is 4.74 Å². The van der Waals surface area contributed by atoms with Crippen LogP contribution in [0.1, 0.15) is 12.8 Å². The minimum Gasteiger partial charge on any atom is -0.360 e. The van der Waals surface area contributed by atoms with E-state index in [1.54, 1.807) is 0 Å². The zero-order chi connectivity index (χ0) is 11.0. The number of nitrogens with zero attached hydrogens (tertiary/aromatic N) is 1. The summed E-state index contributed by atoms with van der Waals surface area (Å²) in [5.41, 5.74) is 1.23. The predicted molar refractivity (Wildman–Crippen MR) is 68.3 cm³/mol. The van der Waals surface area contributed by atoms with Gasteiger partial charge in [-0.2, -0.15) is 0 Å². The summed E-state index contributed by atoms with van der Waals surface area (Å²) in [4.78, 5) is 0. The Kier molecular flexibility index (Phi) is 2.74. The number of fused-ring (bicyclic) bond motifs is 1. The largest absolute Gasteiger partial charge is 0.360 e. The lowest BCUT2D eigenvalue weighted by Crippen LogP contribution is -2.03. The first-order chi connectivity index (χ1) is 7.84. The predicted octanol–water partition coefficient (Wildman–Crippen LogP) is 3.79. The second-order valence-corrected chi connectivity index (χ2v) is 5.26. The summed E-state index contributed by atoms with van der Waals surface area (Å²) in [5.74, 6) is 0.827. The van der Waals surface area contributed by atoms with Gasteiger partial charge in [-0.15, -0.1) is 0 Å². The quantitative estimate of drug-likeness (QED) is 0.831. The molecule has 0 unspecified atom stereocenters. The van der Waals surface area contributed by atoms with Crippen molar-refractivity contribution in [3.05, 3.63) is 34.9 Å². The molecule has 1 aliphatic carbocycles. The van der Waals surface area contributed by atoms with Gasteiger partial charge in [-0.3, -0.25) is 0 Å². The van der Waals surface area contributed by atoms with Crippen molar-refractivity contribution in [1.29, 1.82) is 0 Å². The third kappa shape index (κ3) is 2.02. The fourth-order valence-electron chi connectivity index (χ4n) is 1.90. The second-order valence-electron chi connectivity index (χ2n) is 4.40. The van der Waals surface area contributed by atoms with Gasteiger partial charge in [0.25, 0.3) is 0 Å². The Labute approximate surface area is 103 Å². The first-order valence-corrected chi connectivity index (χ1v) is 6.45. The van der Waals surface area contributed by atoms with Gasteiger partial charge in [-0.05, 0) is 37.0 Å². The maximum absolute atomic E-state index is 5.70. The molecule has 0 saturated heterocycles. The molecule has 2 aromatic rings. The summed E-state index contributed by atoms with van der Waals surface area (Å²) >= 11 is 3.56. The van der Waals surface area contributed by atoms with Crippen LogP contribution in [0.15, 0.2) is 34.9 Å². The molecule has 1 heterocycles. The molecule has 0 atom stereocenters. The van der Waals surface area contributed by atoms with Gasteiger partial charge in [-0.25, -0.2) is 0 Å². The number of ether oxygens (including phenoxy) is 1. The number of aromatic nitrogens is 1. The third-order valence-electron chi connectivity index (χ3n) is 3.04. The monoisotopic (exact) mass is 279 g/mol. The molecule has 1 fully saturated rings. The van der Waals surface area contributed by atoms with Gasteiger partial charge in [0.15, 0.2) is 0 Å². The lowest BCUT2D eigenvalue weighted by atomic mass is 10.2. The van der Waals surface area contributed by atoms with Crippen molar-refractivity contribution in [3.63, 3.8) is 0 Å². The van der Waals surface area contributed by atoms with Gasteiger partial charge in [0.05, 0.1) is 12.1 Å². The Morgan fingerprint density at radius 1 is 1.31 bits per heavy atom. The van der Waals surface area contributed by atoms with E-state index in [-0.39, 0.29) is 0 Å². The van der Waals surface area contributed by atoms with Crippen molar-refractivity contribution in [2.75, 3.05) is 6.61 Å². The zero-order valence-electron chi connectivity index (χ0n) is 9.03. The molecule has 0 aliphatic heterocycles. The first-order valence-electron chi connectivity index (χ1n) is 5.66. The molecule has 1 aromatic carbocycles. The lowest BCUT2D eigenvalue weighted by molar-refractivity contribution is 0.0718. The van der Waals surface area contributed by atoms with Gasteiger partial charge in [-0.1, -0.05) is 22.0 Å². The molecular weight excluding hydrogens is 266 g/mol.